The van der Waals surface area contributed by atoms with Crippen molar-refractivity contribution in [2.45, 2.75) is 17.4 Å². The van der Waals surface area contributed by atoms with Crippen molar-refractivity contribution in [1.29, 1.82) is 5.26 Å². The minimum Gasteiger partial charge on any atom is -0.454 e. The molecule has 3 aliphatic heterocycles. The summed E-state index contributed by atoms with van der Waals surface area (Å²) in [4.78, 5) is 29.0. The van der Waals surface area contributed by atoms with E-state index in [0.29, 0.717) is 30.2 Å². The van der Waals surface area contributed by atoms with E-state index in [4.69, 9.17) is 9.47 Å². The molecule has 0 unspecified atom stereocenters. The van der Waals surface area contributed by atoms with Crippen LogP contribution >= 0.6 is 0 Å². The zero-order valence-corrected chi connectivity index (χ0v) is 19.7. The van der Waals surface area contributed by atoms with E-state index in [1.165, 1.54) is 16.4 Å². The second-order valence-electron chi connectivity index (χ2n) is 8.63. The van der Waals surface area contributed by atoms with E-state index in [2.05, 4.69) is 5.32 Å². The first-order valence-electron chi connectivity index (χ1n) is 11.0. The summed E-state index contributed by atoms with van der Waals surface area (Å²) >= 11 is 0. The Labute approximate surface area is 202 Å². The highest BCUT2D eigenvalue weighted by atomic mass is 32.2. The van der Waals surface area contributed by atoms with Gasteiger partial charge in [-0.1, -0.05) is 18.2 Å². The number of imide groups is 1. The summed E-state index contributed by atoms with van der Waals surface area (Å²) in [5, 5.41) is 12.0. The quantitative estimate of drug-likeness (QED) is 0.606. The van der Waals surface area contributed by atoms with Crippen LogP contribution in [-0.2, 0) is 20.4 Å². The number of urea groups is 1. The van der Waals surface area contributed by atoms with Gasteiger partial charge in [0, 0.05) is 26.2 Å². The molecule has 2 aromatic rings. The first-order valence-corrected chi connectivity index (χ1v) is 12.4. The molecule has 35 heavy (non-hydrogen) atoms. The van der Waals surface area contributed by atoms with Crippen LogP contribution in [0.25, 0.3) is 0 Å². The van der Waals surface area contributed by atoms with Gasteiger partial charge in [0.2, 0.25) is 16.8 Å². The maximum atomic E-state index is 13.3. The smallest absolute Gasteiger partial charge is 0.326 e. The lowest BCUT2D eigenvalue weighted by Gasteiger charge is -2.35. The van der Waals surface area contributed by atoms with Crippen LogP contribution in [0.4, 0.5) is 4.79 Å². The van der Waals surface area contributed by atoms with Crippen molar-refractivity contribution in [2.24, 2.45) is 0 Å². The fourth-order valence-corrected chi connectivity index (χ4v) is 6.03. The minimum atomic E-state index is -3.83. The molecule has 0 aromatic heterocycles. The van der Waals surface area contributed by atoms with Gasteiger partial charge in [-0.05, 0) is 36.8 Å². The van der Waals surface area contributed by atoms with E-state index in [9.17, 15) is 23.3 Å². The lowest BCUT2D eigenvalue weighted by atomic mass is 9.92. The molecule has 3 amide bonds. The zero-order valence-electron chi connectivity index (χ0n) is 18.9. The second-order valence-corrected chi connectivity index (χ2v) is 10.5. The van der Waals surface area contributed by atoms with Crippen molar-refractivity contribution in [3.05, 3.63) is 53.6 Å². The Morgan fingerprint density at radius 2 is 1.77 bits per heavy atom. The highest BCUT2D eigenvalue weighted by Gasteiger charge is 2.50. The van der Waals surface area contributed by atoms with Gasteiger partial charge in [-0.3, -0.25) is 9.69 Å². The van der Waals surface area contributed by atoms with Crippen molar-refractivity contribution in [3.63, 3.8) is 0 Å². The summed E-state index contributed by atoms with van der Waals surface area (Å²) in [5.41, 5.74) is -0.587. The summed E-state index contributed by atoms with van der Waals surface area (Å²) < 4.78 is 38.1. The summed E-state index contributed by atoms with van der Waals surface area (Å²) in [6.07, 6.45) is 0. The number of amides is 3. The molecule has 11 nitrogen and oxygen atoms in total. The van der Waals surface area contributed by atoms with Gasteiger partial charge in [0.25, 0.3) is 5.91 Å². The molecular formula is C23H23N5O6S. The van der Waals surface area contributed by atoms with Crippen molar-refractivity contribution >= 4 is 22.0 Å². The predicted molar refractivity (Wildman–Crippen MR) is 122 cm³/mol. The van der Waals surface area contributed by atoms with Gasteiger partial charge < -0.3 is 14.8 Å². The van der Waals surface area contributed by atoms with Crippen LogP contribution in [-0.4, -0.2) is 74.1 Å². The van der Waals surface area contributed by atoms with E-state index in [-0.39, 0.29) is 37.0 Å². The van der Waals surface area contributed by atoms with Crippen LogP contribution in [0.15, 0.2) is 47.4 Å². The van der Waals surface area contributed by atoms with Crippen LogP contribution in [0.1, 0.15) is 18.1 Å². The average molecular weight is 498 g/mol. The molecule has 2 aromatic carbocycles. The number of nitriles is 1. The standard InChI is InChI=1S/C23H23N5O6S/c1-23(17-6-7-18-19(12-17)34-15-33-18)21(29)28(22(30)25-23)14-26-8-10-27(11-9-26)35(31,32)20-5-3-2-4-16(20)13-24/h2-7,12H,8-11,14-15H2,1H3,(H,25,30)/t23-/m0/s1. The van der Waals surface area contributed by atoms with Crippen LogP contribution in [0.5, 0.6) is 11.5 Å². The molecule has 3 heterocycles. The number of nitrogens with one attached hydrogen (secondary N) is 1. The topological polar surface area (TPSA) is 132 Å². The molecule has 0 radical (unpaired) electrons. The number of carbonyl (C=O) groups is 2. The van der Waals surface area contributed by atoms with Gasteiger partial charge in [0.05, 0.1) is 17.1 Å². The molecule has 0 bridgehead atoms. The normalized spacial score (nSPS) is 22.8. The maximum Gasteiger partial charge on any atom is 0.326 e. The zero-order chi connectivity index (χ0) is 24.8. The molecule has 12 heteroatoms. The number of benzene rings is 2. The third-order valence-electron chi connectivity index (χ3n) is 6.52. The Morgan fingerprint density at radius 1 is 1.06 bits per heavy atom. The first-order chi connectivity index (χ1) is 16.7. The molecule has 2 fully saturated rings. The Kier molecular flexibility index (Phi) is 5.63. The highest BCUT2D eigenvalue weighted by molar-refractivity contribution is 7.89. The molecule has 2 saturated heterocycles. The lowest BCUT2D eigenvalue weighted by molar-refractivity contribution is -0.132. The van der Waals surface area contributed by atoms with Crippen LogP contribution in [0.2, 0.25) is 0 Å². The summed E-state index contributed by atoms with van der Waals surface area (Å²) in [6.45, 7) is 2.77. The highest BCUT2D eigenvalue weighted by Crippen LogP contribution is 2.38. The van der Waals surface area contributed by atoms with Gasteiger partial charge in [-0.2, -0.15) is 9.57 Å². The number of piperazine rings is 1. The average Bonchev–Trinajstić information content (AvgIpc) is 3.42. The molecule has 0 saturated carbocycles. The predicted octanol–water partition coefficient (Wildman–Crippen LogP) is 1.02. The Bertz CT molecular complexity index is 1350. The number of carbonyl (C=O) groups excluding carboxylic acids is 2. The van der Waals surface area contributed by atoms with Gasteiger partial charge in [0.1, 0.15) is 11.6 Å². The van der Waals surface area contributed by atoms with E-state index >= 15 is 0 Å². The molecule has 1 atom stereocenters. The molecule has 0 aliphatic carbocycles. The van der Waals surface area contributed by atoms with E-state index in [1.54, 1.807) is 37.3 Å². The molecule has 1 N–H and O–H groups in total. The van der Waals surface area contributed by atoms with Gasteiger partial charge >= 0.3 is 6.03 Å². The van der Waals surface area contributed by atoms with Crippen LogP contribution in [0.3, 0.4) is 0 Å². The number of hydrogen-bond acceptors (Lipinski definition) is 8. The number of rotatable bonds is 5. The van der Waals surface area contributed by atoms with Gasteiger partial charge in [-0.15, -0.1) is 0 Å². The molecule has 5 rings (SSSR count). The largest absolute Gasteiger partial charge is 0.454 e. The number of fused-ring (bicyclic) bond motifs is 1. The summed E-state index contributed by atoms with van der Waals surface area (Å²) in [7, 11) is -3.83. The van der Waals surface area contributed by atoms with Gasteiger partial charge in [-0.25, -0.2) is 18.1 Å². The van der Waals surface area contributed by atoms with Crippen LogP contribution < -0.4 is 14.8 Å². The molecular weight excluding hydrogens is 474 g/mol. The summed E-state index contributed by atoms with van der Waals surface area (Å²) in [6, 6.07) is 12.6. The first kappa shape index (κ1) is 23.1. The fraction of sp³-hybridized carbons (Fsp3) is 0.348. The summed E-state index contributed by atoms with van der Waals surface area (Å²) in [5.74, 6) is 0.690. The number of hydrogen-bond donors (Lipinski definition) is 1. The molecule has 0 spiro atoms. The monoisotopic (exact) mass is 497 g/mol. The number of nitrogens with zero attached hydrogens (tertiary/aromatic N) is 4. The molecule has 3 aliphatic rings. The van der Waals surface area contributed by atoms with Crippen LogP contribution in [0, 0.1) is 11.3 Å². The second kappa shape index (κ2) is 8.53. The van der Waals surface area contributed by atoms with E-state index in [1.807, 2.05) is 11.0 Å². The SMILES string of the molecule is C[C@@]1(c2ccc3c(c2)OCO3)NC(=O)N(CN2CCN(S(=O)(=O)c3ccccc3C#N)CC2)C1=O. The molecule has 182 valence electrons. The van der Waals surface area contributed by atoms with E-state index in [0.717, 1.165) is 4.90 Å². The van der Waals surface area contributed by atoms with Crippen molar-refractivity contribution in [3.8, 4) is 17.6 Å². The number of ether oxygens (including phenoxy) is 2. The Balaban J connectivity index is 1.26. The van der Waals surface area contributed by atoms with E-state index < -0.39 is 27.5 Å². The number of sulfonamides is 1. The Morgan fingerprint density at radius 3 is 2.51 bits per heavy atom. The van der Waals surface area contributed by atoms with Crippen molar-refractivity contribution < 1.29 is 27.5 Å². The third kappa shape index (κ3) is 3.87. The van der Waals surface area contributed by atoms with Crippen molar-refractivity contribution in [2.75, 3.05) is 39.6 Å². The maximum absolute atomic E-state index is 13.3. The minimum absolute atomic E-state index is 0.0236. The van der Waals surface area contributed by atoms with Gasteiger partial charge in [0.15, 0.2) is 11.5 Å². The Hall–Kier alpha value is -3.66. The van der Waals surface area contributed by atoms with Crippen molar-refractivity contribution in [1.82, 2.24) is 19.4 Å². The fourth-order valence-electron chi connectivity index (χ4n) is 4.46. The third-order valence-corrected chi connectivity index (χ3v) is 8.48. The lowest BCUT2D eigenvalue weighted by Crippen LogP contribution is -2.52.